The van der Waals surface area contributed by atoms with Gasteiger partial charge in [0.25, 0.3) is 0 Å². The van der Waals surface area contributed by atoms with E-state index in [1.807, 2.05) is 6.92 Å². The van der Waals surface area contributed by atoms with Crippen LogP contribution in [0.15, 0.2) is 29.4 Å². The lowest BCUT2D eigenvalue weighted by molar-refractivity contribution is -0.113. The molecule has 1 aromatic heterocycles. The molecule has 0 spiro atoms. The maximum atomic E-state index is 12.1. The maximum absolute atomic E-state index is 12.1. The lowest BCUT2D eigenvalue weighted by Crippen LogP contribution is -2.28. The molecule has 1 heterocycles. The fourth-order valence-electron chi connectivity index (χ4n) is 2.17. The van der Waals surface area contributed by atoms with Crippen molar-refractivity contribution < 1.29 is 9.59 Å². The molecule has 1 aromatic carbocycles. The SMILES string of the molecule is CCNC(=O)Nc1cccc(NC(=O)CSc2nnnn2C2CC2)c1. The van der Waals surface area contributed by atoms with Gasteiger partial charge in [-0.05, 0) is 48.4 Å². The van der Waals surface area contributed by atoms with Gasteiger partial charge >= 0.3 is 6.03 Å². The minimum absolute atomic E-state index is 0.162. The molecule has 132 valence electrons. The summed E-state index contributed by atoms with van der Waals surface area (Å²) in [4.78, 5) is 23.7. The van der Waals surface area contributed by atoms with Crippen molar-refractivity contribution in [3.8, 4) is 0 Å². The highest BCUT2D eigenvalue weighted by atomic mass is 32.2. The second-order valence-electron chi connectivity index (χ2n) is 5.54. The van der Waals surface area contributed by atoms with Crippen LogP contribution in [0.5, 0.6) is 0 Å². The van der Waals surface area contributed by atoms with Crippen molar-refractivity contribution in [2.75, 3.05) is 22.9 Å². The zero-order chi connectivity index (χ0) is 17.6. The Kier molecular flexibility index (Phi) is 5.49. The van der Waals surface area contributed by atoms with Gasteiger partial charge in [0.05, 0.1) is 11.8 Å². The fraction of sp³-hybridized carbons (Fsp3) is 0.400. The van der Waals surface area contributed by atoms with E-state index in [1.54, 1.807) is 28.9 Å². The predicted octanol–water partition coefficient (Wildman–Crippen LogP) is 1.88. The Morgan fingerprint density at radius 2 is 2.04 bits per heavy atom. The molecule has 3 amide bonds. The molecule has 25 heavy (non-hydrogen) atoms. The minimum atomic E-state index is -0.284. The quantitative estimate of drug-likeness (QED) is 0.649. The average molecular weight is 361 g/mol. The lowest BCUT2D eigenvalue weighted by Gasteiger charge is -2.09. The van der Waals surface area contributed by atoms with Crippen LogP contribution in [0, 0.1) is 0 Å². The second-order valence-corrected chi connectivity index (χ2v) is 6.48. The number of amides is 3. The van der Waals surface area contributed by atoms with Crippen LogP contribution in [0.3, 0.4) is 0 Å². The zero-order valence-electron chi connectivity index (χ0n) is 13.7. The number of carbonyl (C=O) groups excluding carboxylic acids is 2. The van der Waals surface area contributed by atoms with Gasteiger partial charge in [0.1, 0.15) is 0 Å². The van der Waals surface area contributed by atoms with Gasteiger partial charge in [-0.15, -0.1) is 5.10 Å². The summed E-state index contributed by atoms with van der Waals surface area (Å²) in [7, 11) is 0. The van der Waals surface area contributed by atoms with Gasteiger partial charge in [-0.1, -0.05) is 17.8 Å². The summed E-state index contributed by atoms with van der Waals surface area (Å²) in [5.41, 5.74) is 1.22. The second kappa shape index (κ2) is 7.97. The molecule has 0 bridgehead atoms. The van der Waals surface area contributed by atoms with Gasteiger partial charge in [0, 0.05) is 17.9 Å². The molecular formula is C15H19N7O2S. The summed E-state index contributed by atoms with van der Waals surface area (Å²) in [6, 6.07) is 7.07. The first-order valence-corrected chi connectivity index (χ1v) is 8.99. The van der Waals surface area contributed by atoms with E-state index in [4.69, 9.17) is 0 Å². The minimum Gasteiger partial charge on any atom is -0.338 e. The number of thioether (sulfide) groups is 1. The summed E-state index contributed by atoms with van der Waals surface area (Å²) < 4.78 is 1.77. The third-order valence-electron chi connectivity index (χ3n) is 3.43. The number of nitrogens with zero attached hydrogens (tertiary/aromatic N) is 4. The van der Waals surface area contributed by atoms with Gasteiger partial charge in [0.2, 0.25) is 11.1 Å². The molecular weight excluding hydrogens is 342 g/mol. The third kappa shape index (κ3) is 4.92. The van der Waals surface area contributed by atoms with E-state index in [0.717, 1.165) is 12.8 Å². The first kappa shape index (κ1) is 17.2. The molecule has 1 fully saturated rings. The molecule has 10 heteroatoms. The van der Waals surface area contributed by atoms with Crippen molar-refractivity contribution in [1.29, 1.82) is 0 Å². The normalized spacial score (nSPS) is 13.3. The van der Waals surface area contributed by atoms with E-state index in [9.17, 15) is 9.59 Å². The third-order valence-corrected chi connectivity index (χ3v) is 4.36. The molecule has 9 nitrogen and oxygen atoms in total. The molecule has 0 radical (unpaired) electrons. The molecule has 0 saturated heterocycles. The molecule has 3 N–H and O–H groups in total. The first-order valence-electron chi connectivity index (χ1n) is 8.01. The molecule has 0 aliphatic heterocycles. The Balaban J connectivity index is 1.52. The van der Waals surface area contributed by atoms with Crippen molar-refractivity contribution in [3.63, 3.8) is 0 Å². The number of hydrogen-bond donors (Lipinski definition) is 3. The van der Waals surface area contributed by atoms with Gasteiger partial charge in [-0.25, -0.2) is 9.48 Å². The van der Waals surface area contributed by atoms with Crippen LogP contribution in [-0.4, -0.2) is 44.4 Å². The zero-order valence-corrected chi connectivity index (χ0v) is 14.5. The van der Waals surface area contributed by atoms with Crippen molar-refractivity contribution in [3.05, 3.63) is 24.3 Å². The van der Waals surface area contributed by atoms with Crippen LogP contribution in [0.4, 0.5) is 16.2 Å². The Morgan fingerprint density at radius 1 is 1.28 bits per heavy atom. The van der Waals surface area contributed by atoms with Crippen molar-refractivity contribution in [1.82, 2.24) is 25.5 Å². The van der Waals surface area contributed by atoms with E-state index in [-0.39, 0.29) is 17.7 Å². The number of nitrogens with one attached hydrogen (secondary N) is 3. The number of benzene rings is 1. The number of anilines is 2. The Hall–Kier alpha value is -2.62. The van der Waals surface area contributed by atoms with Gasteiger partial charge in [0.15, 0.2) is 0 Å². The summed E-state index contributed by atoms with van der Waals surface area (Å²) in [6.45, 7) is 2.38. The first-order chi connectivity index (χ1) is 12.2. The van der Waals surface area contributed by atoms with E-state index < -0.39 is 0 Å². The fourth-order valence-corrected chi connectivity index (χ4v) is 2.91. The van der Waals surface area contributed by atoms with E-state index in [0.29, 0.717) is 29.1 Å². The van der Waals surface area contributed by atoms with Crippen molar-refractivity contribution >= 4 is 35.1 Å². The highest BCUT2D eigenvalue weighted by Gasteiger charge is 2.28. The molecule has 1 aliphatic carbocycles. The Labute approximate surface area is 148 Å². The molecule has 1 saturated carbocycles. The number of rotatable bonds is 7. The average Bonchev–Trinajstić information content (AvgIpc) is 3.31. The molecule has 0 unspecified atom stereocenters. The summed E-state index contributed by atoms with van der Waals surface area (Å²) in [5, 5.41) is 20.4. The van der Waals surface area contributed by atoms with E-state index in [1.165, 1.54) is 11.8 Å². The van der Waals surface area contributed by atoms with Crippen LogP contribution in [0.25, 0.3) is 0 Å². The maximum Gasteiger partial charge on any atom is 0.319 e. The summed E-state index contributed by atoms with van der Waals surface area (Å²) in [5.74, 6) is 0.0478. The van der Waals surface area contributed by atoms with Crippen molar-refractivity contribution in [2.24, 2.45) is 0 Å². The van der Waals surface area contributed by atoms with Crippen LogP contribution in [-0.2, 0) is 4.79 Å². The molecule has 3 rings (SSSR count). The smallest absolute Gasteiger partial charge is 0.319 e. The molecule has 1 aliphatic rings. The standard InChI is InChI=1S/C15H19N7O2S/c1-2-16-14(24)18-11-5-3-4-10(8-11)17-13(23)9-25-15-19-20-21-22(15)12-6-7-12/h3-5,8,12H,2,6-7,9H2,1H3,(H,17,23)(H2,16,18,24). The number of aromatic nitrogens is 4. The highest BCUT2D eigenvalue weighted by Crippen LogP contribution is 2.36. The number of carbonyl (C=O) groups is 2. The topological polar surface area (TPSA) is 114 Å². The predicted molar refractivity (Wildman–Crippen MR) is 94.6 cm³/mol. The molecule has 2 aromatic rings. The number of hydrogen-bond acceptors (Lipinski definition) is 6. The van der Waals surface area contributed by atoms with E-state index >= 15 is 0 Å². The summed E-state index contributed by atoms with van der Waals surface area (Å²) >= 11 is 1.31. The Morgan fingerprint density at radius 3 is 2.76 bits per heavy atom. The monoisotopic (exact) mass is 361 g/mol. The van der Waals surface area contributed by atoms with Crippen LogP contribution in [0.1, 0.15) is 25.8 Å². The van der Waals surface area contributed by atoms with Gasteiger partial charge in [-0.2, -0.15) is 0 Å². The van der Waals surface area contributed by atoms with Gasteiger partial charge in [-0.3, -0.25) is 4.79 Å². The number of tetrazole rings is 1. The Bertz CT molecular complexity index is 760. The van der Waals surface area contributed by atoms with Crippen LogP contribution >= 0.6 is 11.8 Å². The molecule has 0 atom stereocenters. The van der Waals surface area contributed by atoms with Gasteiger partial charge < -0.3 is 16.0 Å². The van der Waals surface area contributed by atoms with Crippen LogP contribution < -0.4 is 16.0 Å². The van der Waals surface area contributed by atoms with E-state index in [2.05, 4.69) is 31.5 Å². The lowest BCUT2D eigenvalue weighted by atomic mass is 10.3. The largest absolute Gasteiger partial charge is 0.338 e. The highest BCUT2D eigenvalue weighted by molar-refractivity contribution is 7.99. The van der Waals surface area contributed by atoms with Crippen molar-refractivity contribution in [2.45, 2.75) is 31.0 Å². The van der Waals surface area contributed by atoms with Crippen LogP contribution in [0.2, 0.25) is 0 Å². The summed E-state index contributed by atoms with van der Waals surface area (Å²) in [6.07, 6.45) is 2.16. The number of urea groups is 1.